The van der Waals surface area contributed by atoms with Crippen LogP contribution in [0.4, 0.5) is 0 Å². The molecule has 0 atom stereocenters. The van der Waals surface area contributed by atoms with Gasteiger partial charge in [0.15, 0.2) is 11.5 Å². The van der Waals surface area contributed by atoms with Crippen LogP contribution in [0.1, 0.15) is 52.4 Å². The summed E-state index contributed by atoms with van der Waals surface area (Å²) in [5, 5.41) is 17.3. The van der Waals surface area contributed by atoms with Crippen LogP contribution in [0.15, 0.2) is 24.3 Å². The molecule has 0 aliphatic carbocycles. The molecule has 0 heterocycles. The van der Waals surface area contributed by atoms with Gasteiger partial charge >= 0.3 is 0 Å². The first kappa shape index (κ1) is 14.8. The number of rotatable bonds is 5. The topological polar surface area (TPSA) is 40.5 Å². The SMILES string of the molecule is CCCCCCCC.Oc1ccccc1O. The van der Waals surface area contributed by atoms with Crippen LogP contribution in [-0.4, -0.2) is 10.2 Å². The number of hydrogen-bond donors (Lipinski definition) is 2. The van der Waals surface area contributed by atoms with Gasteiger partial charge in [0.05, 0.1) is 0 Å². The molecule has 16 heavy (non-hydrogen) atoms. The Kier molecular flexibility index (Phi) is 9.58. The summed E-state index contributed by atoms with van der Waals surface area (Å²) in [5.41, 5.74) is 0. The lowest BCUT2D eigenvalue weighted by Gasteiger charge is -1.93. The first-order valence-corrected chi connectivity index (χ1v) is 6.19. The highest BCUT2D eigenvalue weighted by Crippen LogP contribution is 2.21. The number of hydrogen-bond acceptors (Lipinski definition) is 2. The zero-order valence-corrected chi connectivity index (χ0v) is 10.4. The van der Waals surface area contributed by atoms with Crippen molar-refractivity contribution >= 4 is 0 Å². The smallest absolute Gasteiger partial charge is 0.157 e. The molecule has 2 nitrogen and oxygen atoms in total. The molecule has 1 rings (SSSR count). The van der Waals surface area contributed by atoms with Crippen LogP contribution < -0.4 is 0 Å². The molecule has 2 heteroatoms. The first-order chi connectivity index (χ1) is 7.72. The Morgan fingerprint density at radius 3 is 1.38 bits per heavy atom. The summed E-state index contributed by atoms with van der Waals surface area (Å²) in [7, 11) is 0. The normalized spacial score (nSPS) is 9.38. The van der Waals surface area contributed by atoms with Crippen LogP contribution in [0.5, 0.6) is 11.5 Å². The molecule has 0 aliphatic heterocycles. The Labute approximate surface area is 98.9 Å². The van der Waals surface area contributed by atoms with Crippen molar-refractivity contribution in [2.24, 2.45) is 0 Å². The fraction of sp³-hybridized carbons (Fsp3) is 0.571. The number of aromatic hydroxyl groups is 2. The Bertz CT molecular complexity index is 232. The second-order valence-electron chi connectivity index (χ2n) is 3.90. The van der Waals surface area contributed by atoms with Gasteiger partial charge in [0, 0.05) is 0 Å². The van der Waals surface area contributed by atoms with Gasteiger partial charge in [-0.25, -0.2) is 0 Å². The van der Waals surface area contributed by atoms with Crippen LogP contribution in [0.25, 0.3) is 0 Å². The lowest BCUT2D eigenvalue weighted by Crippen LogP contribution is -1.73. The van der Waals surface area contributed by atoms with E-state index in [1.807, 2.05) is 0 Å². The highest BCUT2D eigenvalue weighted by Gasteiger charge is 1.90. The monoisotopic (exact) mass is 224 g/mol. The maximum Gasteiger partial charge on any atom is 0.157 e. The Hall–Kier alpha value is -1.18. The summed E-state index contributed by atoms with van der Waals surface area (Å²) < 4.78 is 0. The lowest BCUT2D eigenvalue weighted by molar-refractivity contribution is 0.404. The van der Waals surface area contributed by atoms with Crippen molar-refractivity contribution in [3.8, 4) is 11.5 Å². The predicted molar refractivity (Wildman–Crippen MR) is 68.8 cm³/mol. The van der Waals surface area contributed by atoms with Crippen molar-refractivity contribution < 1.29 is 10.2 Å². The van der Waals surface area contributed by atoms with Crippen LogP contribution in [0.3, 0.4) is 0 Å². The van der Waals surface area contributed by atoms with Gasteiger partial charge in [-0.05, 0) is 12.1 Å². The molecule has 0 saturated carbocycles. The standard InChI is InChI=1S/C8H18.C6H6O2/c1-3-5-7-8-6-4-2;7-5-3-1-2-4-6(5)8/h3-8H2,1-2H3;1-4,7-8H. The van der Waals surface area contributed by atoms with Crippen LogP contribution in [-0.2, 0) is 0 Å². The van der Waals surface area contributed by atoms with Gasteiger partial charge in [0.25, 0.3) is 0 Å². The van der Waals surface area contributed by atoms with Crippen molar-refractivity contribution in [1.29, 1.82) is 0 Å². The van der Waals surface area contributed by atoms with E-state index >= 15 is 0 Å². The summed E-state index contributed by atoms with van der Waals surface area (Å²) in [6, 6.07) is 6.15. The zero-order chi connectivity index (χ0) is 12.2. The average molecular weight is 224 g/mol. The van der Waals surface area contributed by atoms with E-state index in [1.54, 1.807) is 12.1 Å². The van der Waals surface area contributed by atoms with E-state index in [0.29, 0.717) is 0 Å². The molecule has 2 N–H and O–H groups in total. The zero-order valence-electron chi connectivity index (χ0n) is 10.4. The van der Waals surface area contributed by atoms with E-state index in [2.05, 4.69) is 13.8 Å². The maximum atomic E-state index is 8.67. The van der Waals surface area contributed by atoms with Gasteiger partial charge in [-0.2, -0.15) is 0 Å². The molecule has 0 radical (unpaired) electrons. The van der Waals surface area contributed by atoms with E-state index in [0.717, 1.165) is 0 Å². The number of phenols is 2. The van der Waals surface area contributed by atoms with Gasteiger partial charge < -0.3 is 10.2 Å². The minimum Gasteiger partial charge on any atom is -0.504 e. The maximum absolute atomic E-state index is 8.67. The predicted octanol–water partition coefficient (Wildman–Crippen LogP) is 4.46. The first-order valence-electron chi connectivity index (χ1n) is 6.19. The van der Waals surface area contributed by atoms with Crippen molar-refractivity contribution in [3.05, 3.63) is 24.3 Å². The molecule has 0 saturated heterocycles. The molecule has 92 valence electrons. The third kappa shape index (κ3) is 8.16. The molecule has 1 aromatic carbocycles. The lowest BCUT2D eigenvalue weighted by atomic mass is 10.1. The van der Waals surface area contributed by atoms with Crippen LogP contribution in [0.2, 0.25) is 0 Å². The fourth-order valence-electron chi connectivity index (χ4n) is 1.32. The molecule has 0 unspecified atom stereocenters. The summed E-state index contributed by atoms with van der Waals surface area (Å²) in [4.78, 5) is 0. The molecule has 0 aromatic heterocycles. The highest BCUT2D eigenvalue weighted by molar-refractivity contribution is 5.36. The van der Waals surface area contributed by atoms with E-state index in [4.69, 9.17) is 10.2 Å². The summed E-state index contributed by atoms with van der Waals surface area (Å²) in [5.74, 6) is -0.153. The van der Waals surface area contributed by atoms with E-state index < -0.39 is 0 Å². The van der Waals surface area contributed by atoms with E-state index in [1.165, 1.54) is 50.7 Å². The molecular formula is C14H24O2. The van der Waals surface area contributed by atoms with Crippen molar-refractivity contribution in [3.63, 3.8) is 0 Å². The Balaban J connectivity index is 0.000000281. The molecule has 0 amide bonds. The van der Waals surface area contributed by atoms with Crippen LogP contribution in [0, 0.1) is 0 Å². The van der Waals surface area contributed by atoms with E-state index in [-0.39, 0.29) is 11.5 Å². The third-order valence-electron chi connectivity index (χ3n) is 2.34. The van der Waals surface area contributed by atoms with Gasteiger partial charge in [-0.3, -0.25) is 0 Å². The third-order valence-corrected chi connectivity index (χ3v) is 2.34. The number of benzene rings is 1. The molecule has 1 aromatic rings. The second-order valence-corrected chi connectivity index (χ2v) is 3.90. The van der Waals surface area contributed by atoms with Gasteiger partial charge in [-0.1, -0.05) is 64.5 Å². The van der Waals surface area contributed by atoms with Gasteiger partial charge in [-0.15, -0.1) is 0 Å². The van der Waals surface area contributed by atoms with Crippen molar-refractivity contribution in [2.45, 2.75) is 52.4 Å². The fourth-order valence-corrected chi connectivity index (χ4v) is 1.32. The summed E-state index contributed by atoms with van der Waals surface area (Å²) in [6.07, 6.45) is 8.49. The van der Waals surface area contributed by atoms with Crippen molar-refractivity contribution in [1.82, 2.24) is 0 Å². The Morgan fingerprint density at radius 2 is 1.12 bits per heavy atom. The van der Waals surface area contributed by atoms with Crippen LogP contribution >= 0.6 is 0 Å². The van der Waals surface area contributed by atoms with E-state index in [9.17, 15) is 0 Å². The molecule has 0 spiro atoms. The largest absolute Gasteiger partial charge is 0.504 e. The summed E-state index contributed by atoms with van der Waals surface area (Å²) in [6.45, 7) is 4.51. The summed E-state index contributed by atoms with van der Waals surface area (Å²) >= 11 is 0. The van der Waals surface area contributed by atoms with Gasteiger partial charge in [0.1, 0.15) is 0 Å². The molecule has 0 bridgehead atoms. The minimum absolute atomic E-state index is 0.0764. The molecular weight excluding hydrogens is 200 g/mol. The quantitative estimate of drug-likeness (QED) is 0.572. The van der Waals surface area contributed by atoms with Gasteiger partial charge in [0.2, 0.25) is 0 Å². The molecule has 0 aliphatic rings. The Morgan fingerprint density at radius 1 is 0.750 bits per heavy atom. The molecule has 0 fully saturated rings. The second kappa shape index (κ2) is 10.3. The number of unbranched alkanes of at least 4 members (excludes halogenated alkanes) is 5. The number of phenolic OH excluding ortho intramolecular Hbond substituents is 2. The minimum atomic E-state index is -0.0764. The highest BCUT2D eigenvalue weighted by atomic mass is 16.3. The average Bonchev–Trinajstić information content (AvgIpc) is 2.30. The van der Waals surface area contributed by atoms with Crippen molar-refractivity contribution in [2.75, 3.05) is 0 Å². The number of para-hydroxylation sites is 2.